The Morgan fingerprint density at radius 1 is 1.06 bits per heavy atom. The predicted molar refractivity (Wildman–Crippen MR) is 76.8 cm³/mol. The molecule has 16 heavy (non-hydrogen) atoms. The molecule has 0 radical (unpaired) electrons. The maximum absolute atomic E-state index is 3.45. The molecule has 0 amide bonds. The first-order valence-corrected chi connectivity index (χ1v) is 5.81. The van der Waals surface area contributed by atoms with E-state index < -0.39 is 0 Å². The monoisotopic (exact) mass is 326 g/mol. The van der Waals surface area contributed by atoms with Gasteiger partial charge in [-0.25, -0.2) is 0 Å². The molecule has 0 aromatic heterocycles. The lowest BCUT2D eigenvalue weighted by Crippen LogP contribution is -2.42. The molecule has 92 valence electrons. The van der Waals surface area contributed by atoms with Crippen LogP contribution in [0, 0.1) is 0 Å². The van der Waals surface area contributed by atoms with E-state index in [2.05, 4.69) is 50.4 Å². The Morgan fingerprint density at radius 3 is 2.19 bits per heavy atom. The van der Waals surface area contributed by atoms with Gasteiger partial charge in [0, 0.05) is 37.2 Å². The molecule has 2 rings (SSSR count). The van der Waals surface area contributed by atoms with E-state index >= 15 is 0 Å². The van der Waals surface area contributed by atoms with Crippen LogP contribution in [-0.2, 0) is 6.54 Å². The first kappa shape index (κ1) is 16.2. The van der Waals surface area contributed by atoms with Crippen LogP contribution in [0.2, 0.25) is 0 Å². The standard InChI is InChI=1S/C11H15BrN2.2ClH/c12-11-3-1-10(2-4-11)9-14-7-5-13-6-8-14;;/h1-4,13H,5-9H2;2*1H. The Bertz CT molecular complexity index is 287. The predicted octanol–water partition coefficient (Wildman–Crippen LogP) is 2.70. The summed E-state index contributed by atoms with van der Waals surface area (Å²) in [5.74, 6) is 0. The minimum Gasteiger partial charge on any atom is -0.314 e. The van der Waals surface area contributed by atoms with Crippen LogP contribution in [0.1, 0.15) is 5.56 Å². The summed E-state index contributed by atoms with van der Waals surface area (Å²) in [6.07, 6.45) is 0. The summed E-state index contributed by atoms with van der Waals surface area (Å²) in [6.45, 7) is 5.65. The fraction of sp³-hybridized carbons (Fsp3) is 0.455. The molecule has 1 aliphatic heterocycles. The summed E-state index contributed by atoms with van der Waals surface area (Å²) >= 11 is 3.45. The van der Waals surface area contributed by atoms with Gasteiger partial charge in [0.1, 0.15) is 0 Å². The summed E-state index contributed by atoms with van der Waals surface area (Å²) in [6, 6.07) is 8.59. The highest BCUT2D eigenvalue weighted by atomic mass is 79.9. The summed E-state index contributed by atoms with van der Waals surface area (Å²) in [5.41, 5.74) is 1.40. The molecule has 2 nitrogen and oxygen atoms in total. The van der Waals surface area contributed by atoms with Crippen LogP contribution in [0.5, 0.6) is 0 Å². The zero-order chi connectivity index (χ0) is 9.80. The fourth-order valence-corrected chi connectivity index (χ4v) is 1.98. The van der Waals surface area contributed by atoms with Crippen LogP contribution in [0.3, 0.4) is 0 Å². The Kier molecular flexibility index (Phi) is 8.42. The Balaban J connectivity index is 0.00000112. The van der Waals surface area contributed by atoms with Gasteiger partial charge in [-0.2, -0.15) is 0 Å². The van der Waals surface area contributed by atoms with Gasteiger partial charge in [0.05, 0.1) is 0 Å². The lowest BCUT2D eigenvalue weighted by molar-refractivity contribution is 0.233. The molecular weight excluding hydrogens is 311 g/mol. The van der Waals surface area contributed by atoms with Gasteiger partial charge in [-0.1, -0.05) is 28.1 Å². The fourth-order valence-electron chi connectivity index (χ4n) is 1.72. The Hall–Kier alpha value is 0.200. The molecule has 0 bridgehead atoms. The topological polar surface area (TPSA) is 15.3 Å². The molecule has 1 N–H and O–H groups in total. The molecule has 1 aromatic carbocycles. The molecule has 0 spiro atoms. The molecule has 0 saturated carbocycles. The maximum Gasteiger partial charge on any atom is 0.0234 e. The van der Waals surface area contributed by atoms with Crippen molar-refractivity contribution in [2.45, 2.75) is 6.54 Å². The van der Waals surface area contributed by atoms with Gasteiger partial charge < -0.3 is 5.32 Å². The van der Waals surface area contributed by atoms with Gasteiger partial charge in [-0.05, 0) is 17.7 Å². The summed E-state index contributed by atoms with van der Waals surface area (Å²) in [4.78, 5) is 2.49. The molecule has 0 atom stereocenters. The molecule has 5 heteroatoms. The number of rotatable bonds is 2. The zero-order valence-electron chi connectivity index (χ0n) is 8.99. The van der Waals surface area contributed by atoms with Crippen molar-refractivity contribution in [2.75, 3.05) is 26.2 Å². The zero-order valence-corrected chi connectivity index (χ0v) is 12.2. The highest BCUT2D eigenvalue weighted by molar-refractivity contribution is 9.10. The van der Waals surface area contributed by atoms with E-state index in [4.69, 9.17) is 0 Å². The molecular formula is C11H17BrCl2N2. The third-order valence-corrected chi connectivity index (χ3v) is 3.06. The van der Waals surface area contributed by atoms with Crippen LogP contribution in [0.15, 0.2) is 28.7 Å². The second-order valence-corrected chi connectivity index (χ2v) is 4.57. The third-order valence-electron chi connectivity index (χ3n) is 2.53. The van der Waals surface area contributed by atoms with E-state index in [1.807, 2.05) is 0 Å². The van der Waals surface area contributed by atoms with Crippen LogP contribution in [0.25, 0.3) is 0 Å². The van der Waals surface area contributed by atoms with Gasteiger partial charge in [-0.15, -0.1) is 24.8 Å². The number of benzene rings is 1. The summed E-state index contributed by atoms with van der Waals surface area (Å²) < 4.78 is 1.15. The number of hydrogen-bond acceptors (Lipinski definition) is 2. The van der Waals surface area contributed by atoms with Crippen molar-refractivity contribution in [1.82, 2.24) is 10.2 Å². The second-order valence-electron chi connectivity index (χ2n) is 3.65. The van der Waals surface area contributed by atoms with Gasteiger partial charge in [0.15, 0.2) is 0 Å². The number of piperazine rings is 1. The van der Waals surface area contributed by atoms with Gasteiger partial charge >= 0.3 is 0 Å². The van der Waals surface area contributed by atoms with Crippen LogP contribution < -0.4 is 5.32 Å². The molecule has 1 fully saturated rings. The largest absolute Gasteiger partial charge is 0.314 e. The van der Waals surface area contributed by atoms with Crippen LogP contribution >= 0.6 is 40.7 Å². The van der Waals surface area contributed by atoms with E-state index in [9.17, 15) is 0 Å². The molecule has 1 heterocycles. The average Bonchev–Trinajstić information content (AvgIpc) is 2.23. The smallest absolute Gasteiger partial charge is 0.0234 e. The second kappa shape index (κ2) is 8.31. The van der Waals surface area contributed by atoms with E-state index in [1.54, 1.807) is 0 Å². The van der Waals surface area contributed by atoms with Crippen molar-refractivity contribution in [1.29, 1.82) is 0 Å². The van der Waals surface area contributed by atoms with E-state index in [0.29, 0.717) is 0 Å². The van der Waals surface area contributed by atoms with Gasteiger partial charge in [0.2, 0.25) is 0 Å². The normalized spacial score (nSPS) is 16.1. The number of halogens is 3. The molecule has 0 unspecified atom stereocenters. The van der Waals surface area contributed by atoms with Crippen molar-refractivity contribution < 1.29 is 0 Å². The van der Waals surface area contributed by atoms with Crippen molar-refractivity contribution in [3.8, 4) is 0 Å². The van der Waals surface area contributed by atoms with E-state index in [-0.39, 0.29) is 24.8 Å². The minimum atomic E-state index is 0. The van der Waals surface area contributed by atoms with E-state index in [1.165, 1.54) is 5.56 Å². The van der Waals surface area contributed by atoms with Crippen molar-refractivity contribution in [3.05, 3.63) is 34.3 Å². The number of hydrogen-bond donors (Lipinski definition) is 1. The minimum absolute atomic E-state index is 0. The average molecular weight is 328 g/mol. The van der Waals surface area contributed by atoms with Gasteiger partial charge in [0.25, 0.3) is 0 Å². The lowest BCUT2D eigenvalue weighted by atomic mass is 10.2. The highest BCUT2D eigenvalue weighted by Gasteiger charge is 2.09. The molecule has 1 saturated heterocycles. The first-order chi connectivity index (χ1) is 6.84. The van der Waals surface area contributed by atoms with Crippen LogP contribution in [-0.4, -0.2) is 31.1 Å². The molecule has 0 aliphatic carbocycles. The van der Waals surface area contributed by atoms with Crippen molar-refractivity contribution >= 4 is 40.7 Å². The highest BCUT2D eigenvalue weighted by Crippen LogP contribution is 2.12. The van der Waals surface area contributed by atoms with E-state index in [0.717, 1.165) is 37.2 Å². The number of nitrogens with zero attached hydrogens (tertiary/aromatic N) is 1. The van der Waals surface area contributed by atoms with Gasteiger partial charge in [-0.3, -0.25) is 4.90 Å². The Morgan fingerprint density at radius 2 is 1.62 bits per heavy atom. The summed E-state index contributed by atoms with van der Waals surface area (Å²) in [7, 11) is 0. The maximum atomic E-state index is 3.45. The SMILES string of the molecule is Brc1ccc(CN2CCNCC2)cc1.Cl.Cl. The molecule has 1 aromatic rings. The van der Waals surface area contributed by atoms with Crippen molar-refractivity contribution in [2.24, 2.45) is 0 Å². The van der Waals surface area contributed by atoms with Crippen molar-refractivity contribution in [3.63, 3.8) is 0 Å². The lowest BCUT2D eigenvalue weighted by Gasteiger charge is -2.27. The summed E-state index contributed by atoms with van der Waals surface area (Å²) in [5, 5.41) is 3.36. The first-order valence-electron chi connectivity index (χ1n) is 5.02. The quantitative estimate of drug-likeness (QED) is 0.898. The molecule has 1 aliphatic rings. The number of nitrogens with one attached hydrogen (secondary N) is 1. The van der Waals surface area contributed by atoms with Crippen LogP contribution in [0.4, 0.5) is 0 Å². The third kappa shape index (κ3) is 5.02. The Labute approximate surface area is 118 Å².